The number of methoxy groups -OCH3 is 1. The number of ether oxygens (including phenoxy) is 2. The van der Waals surface area contributed by atoms with E-state index < -0.39 is 11.6 Å². The fraction of sp³-hybridized carbons (Fsp3) is 0.407. The maximum Gasteiger partial charge on any atom is 0.335 e. The largest absolute Gasteiger partial charge is 0.494 e. The molecule has 0 aliphatic heterocycles. The third-order valence-corrected chi connectivity index (χ3v) is 9.25. The maximum atomic E-state index is 11.5. The van der Waals surface area contributed by atoms with Crippen LogP contribution in [0.2, 0.25) is 10.0 Å². The van der Waals surface area contributed by atoms with Crippen LogP contribution in [0, 0.1) is 0 Å². The average Bonchev–Trinajstić information content (AvgIpc) is 3.52. The van der Waals surface area contributed by atoms with Gasteiger partial charge in [-0.05, 0) is 62.1 Å². The first-order valence-corrected chi connectivity index (χ1v) is 14.3. The Hall–Kier alpha value is -2.76. The van der Waals surface area contributed by atoms with Crippen molar-refractivity contribution in [1.29, 1.82) is 0 Å². The van der Waals surface area contributed by atoms with Crippen LogP contribution in [-0.4, -0.2) is 49.1 Å². The minimum atomic E-state index is -1.11. The van der Waals surface area contributed by atoms with Gasteiger partial charge in [-0.25, -0.2) is 14.5 Å². The van der Waals surface area contributed by atoms with E-state index in [-0.39, 0.29) is 11.7 Å². The molecule has 0 spiro atoms. The number of rotatable bonds is 8. The van der Waals surface area contributed by atoms with Crippen molar-refractivity contribution in [2.24, 2.45) is 0 Å². The molecule has 12 heteroatoms. The van der Waals surface area contributed by atoms with E-state index >= 15 is 0 Å². The van der Waals surface area contributed by atoms with Crippen molar-refractivity contribution in [2.75, 3.05) is 7.11 Å². The van der Waals surface area contributed by atoms with Crippen LogP contribution >= 0.6 is 34.5 Å². The van der Waals surface area contributed by atoms with Gasteiger partial charge in [-0.2, -0.15) is 5.10 Å². The van der Waals surface area contributed by atoms with Gasteiger partial charge in [-0.3, -0.25) is 4.98 Å². The van der Waals surface area contributed by atoms with E-state index in [1.807, 2.05) is 6.20 Å². The molecule has 4 aromatic rings. The second-order valence-corrected chi connectivity index (χ2v) is 11.9. The minimum absolute atomic E-state index is 0.0495. The Morgan fingerprint density at radius 1 is 1.15 bits per heavy atom. The lowest BCUT2D eigenvalue weighted by atomic mass is 9.83. The fourth-order valence-electron chi connectivity index (χ4n) is 5.19. The normalized spacial score (nSPS) is 21.4. The summed E-state index contributed by atoms with van der Waals surface area (Å²) in [5, 5.41) is 26.9. The monoisotopic (exact) mass is 588 g/mol. The lowest BCUT2D eigenvalue weighted by Crippen LogP contribution is -2.34. The molecule has 39 heavy (non-hydrogen) atoms. The predicted molar refractivity (Wildman–Crippen MR) is 147 cm³/mol. The standard InChI is InChI=1S/C27H26Cl2N4O5S/c1-37-21-8-15(25(34)35)9-22-23(21)32-26(39-22)27(36)6-4-16(5-7-27)38-13-20-17(14-2-3-14)10-31-33(20)24-18(28)11-30-12-19(24)29/h8-12,14,16,36H,2-7,13H2,1H3,(H,34,35). The van der Waals surface area contributed by atoms with Gasteiger partial charge in [0, 0.05) is 12.4 Å². The van der Waals surface area contributed by atoms with Gasteiger partial charge in [0.05, 0.1) is 52.0 Å². The van der Waals surface area contributed by atoms with Crippen LogP contribution in [-0.2, 0) is 16.9 Å². The molecule has 2 fully saturated rings. The number of carboxylic acids is 1. The number of aliphatic hydroxyl groups is 1. The van der Waals surface area contributed by atoms with Crippen LogP contribution in [0.5, 0.6) is 5.75 Å². The zero-order valence-corrected chi connectivity index (χ0v) is 23.4. The number of hydrogen-bond donors (Lipinski definition) is 2. The first kappa shape index (κ1) is 26.5. The number of carbonyl (C=O) groups is 1. The summed E-state index contributed by atoms with van der Waals surface area (Å²) in [5.74, 6) is -0.197. The van der Waals surface area contributed by atoms with Gasteiger partial charge in [0.25, 0.3) is 0 Å². The summed E-state index contributed by atoms with van der Waals surface area (Å²) in [5.41, 5.74) is 2.24. The average molecular weight is 590 g/mol. The van der Waals surface area contributed by atoms with Gasteiger partial charge in [-0.15, -0.1) is 11.3 Å². The van der Waals surface area contributed by atoms with Crippen LogP contribution in [0.3, 0.4) is 0 Å². The van der Waals surface area contributed by atoms with Crippen LogP contribution < -0.4 is 4.74 Å². The summed E-state index contributed by atoms with van der Waals surface area (Å²) >= 11 is 14.2. The molecule has 1 aromatic carbocycles. The molecule has 3 heterocycles. The molecule has 2 saturated carbocycles. The maximum absolute atomic E-state index is 11.5. The molecule has 2 aliphatic carbocycles. The van der Waals surface area contributed by atoms with Gasteiger partial charge in [0.15, 0.2) is 0 Å². The number of hydrogen-bond acceptors (Lipinski definition) is 8. The van der Waals surface area contributed by atoms with Gasteiger partial charge < -0.3 is 19.7 Å². The Morgan fingerprint density at radius 3 is 2.51 bits per heavy atom. The highest BCUT2D eigenvalue weighted by Gasteiger charge is 2.39. The van der Waals surface area contributed by atoms with Crippen molar-refractivity contribution in [2.45, 2.75) is 62.8 Å². The van der Waals surface area contributed by atoms with Crippen molar-refractivity contribution < 1.29 is 24.5 Å². The number of pyridine rings is 1. The summed E-state index contributed by atoms with van der Waals surface area (Å²) in [6, 6.07) is 3.03. The lowest BCUT2D eigenvalue weighted by molar-refractivity contribution is -0.0648. The highest BCUT2D eigenvalue weighted by atomic mass is 35.5. The molecule has 0 unspecified atom stereocenters. The third-order valence-electron chi connectivity index (χ3n) is 7.50. The van der Waals surface area contributed by atoms with Crippen LogP contribution in [0.15, 0.2) is 30.7 Å². The number of thiazole rings is 1. The predicted octanol–water partition coefficient (Wildman–Crippen LogP) is 6.12. The number of aromatic carboxylic acids is 1. The number of nitrogens with zero attached hydrogens (tertiary/aromatic N) is 4. The molecule has 0 amide bonds. The molecule has 204 valence electrons. The molecule has 2 aliphatic rings. The molecule has 0 saturated heterocycles. The number of benzene rings is 1. The molecule has 9 nitrogen and oxygen atoms in total. The Balaban J connectivity index is 1.18. The zero-order valence-electron chi connectivity index (χ0n) is 21.1. The number of aromatic nitrogens is 4. The number of fused-ring (bicyclic) bond motifs is 1. The van der Waals surface area contributed by atoms with Gasteiger partial charge in [0.2, 0.25) is 0 Å². The smallest absolute Gasteiger partial charge is 0.335 e. The van der Waals surface area contributed by atoms with Crippen molar-refractivity contribution in [1.82, 2.24) is 19.7 Å². The van der Waals surface area contributed by atoms with E-state index in [0.717, 1.165) is 24.1 Å². The summed E-state index contributed by atoms with van der Waals surface area (Å²) < 4.78 is 14.2. The number of carboxylic acid groups (broad SMARTS) is 1. The fourth-order valence-corrected chi connectivity index (χ4v) is 6.88. The molecule has 6 rings (SSSR count). The van der Waals surface area contributed by atoms with Gasteiger partial charge in [-0.1, -0.05) is 23.2 Å². The second kappa shape index (κ2) is 10.3. The highest BCUT2D eigenvalue weighted by Crippen LogP contribution is 2.45. The summed E-state index contributed by atoms with van der Waals surface area (Å²) in [4.78, 5) is 20.2. The van der Waals surface area contributed by atoms with Crippen LogP contribution in [0.25, 0.3) is 15.9 Å². The Labute approximate surface area is 238 Å². The van der Waals surface area contributed by atoms with Crippen molar-refractivity contribution in [3.8, 4) is 11.4 Å². The first-order valence-electron chi connectivity index (χ1n) is 12.7. The molecule has 0 bridgehead atoms. The number of halogens is 2. The summed E-state index contributed by atoms with van der Waals surface area (Å²) in [7, 11) is 1.48. The zero-order chi connectivity index (χ0) is 27.3. The van der Waals surface area contributed by atoms with Crippen molar-refractivity contribution in [3.63, 3.8) is 0 Å². The van der Waals surface area contributed by atoms with Crippen molar-refractivity contribution in [3.05, 3.63) is 62.6 Å². The van der Waals surface area contributed by atoms with Crippen molar-refractivity contribution >= 4 is 50.7 Å². The SMILES string of the molecule is COc1cc(C(=O)O)cc2sc(C3(O)CCC(OCc4c(C5CC5)cnn4-c4c(Cl)cncc4Cl)CC3)nc12. The summed E-state index contributed by atoms with van der Waals surface area (Å²) in [6.45, 7) is 0.347. The Kier molecular flexibility index (Phi) is 7.01. The topological polar surface area (TPSA) is 120 Å². The van der Waals surface area contributed by atoms with E-state index in [0.29, 0.717) is 74.9 Å². The molecular formula is C27H26Cl2N4O5S. The second-order valence-electron chi connectivity index (χ2n) is 10.1. The van der Waals surface area contributed by atoms with E-state index in [1.165, 1.54) is 24.5 Å². The van der Waals surface area contributed by atoms with Gasteiger partial charge in [0.1, 0.15) is 27.6 Å². The van der Waals surface area contributed by atoms with E-state index in [4.69, 9.17) is 32.7 Å². The quantitative estimate of drug-likeness (QED) is 0.253. The Morgan fingerprint density at radius 2 is 1.87 bits per heavy atom. The Bertz CT molecular complexity index is 1540. The van der Waals surface area contributed by atoms with E-state index in [1.54, 1.807) is 23.1 Å². The molecule has 3 aromatic heterocycles. The first-order chi connectivity index (χ1) is 18.8. The molecule has 2 N–H and O–H groups in total. The van der Waals surface area contributed by atoms with Crippen LogP contribution in [0.4, 0.5) is 0 Å². The third kappa shape index (κ3) is 5.00. The lowest BCUT2D eigenvalue weighted by Gasteiger charge is -2.34. The molecule has 0 atom stereocenters. The highest BCUT2D eigenvalue weighted by molar-refractivity contribution is 7.18. The molecule has 0 radical (unpaired) electrons. The van der Waals surface area contributed by atoms with E-state index in [9.17, 15) is 15.0 Å². The summed E-state index contributed by atoms with van der Waals surface area (Å²) in [6.07, 6.45) is 9.40. The van der Waals surface area contributed by atoms with Gasteiger partial charge >= 0.3 is 5.97 Å². The minimum Gasteiger partial charge on any atom is -0.494 e. The van der Waals surface area contributed by atoms with Crippen LogP contribution in [0.1, 0.15) is 71.1 Å². The van der Waals surface area contributed by atoms with E-state index in [2.05, 4.69) is 15.1 Å². The molecular weight excluding hydrogens is 563 g/mol.